The van der Waals surface area contributed by atoms with Crippen LogP contribution < -0.4 is 10.2 Å². The van der Waals surface area contributed by atoms with Gasteiger partial charge >= 0.3 is 0 Å². The lowest BCUT2D eigenvalue weighted by atomic mass is 10.1. The van der Waals surface area contributed by atoms with Crippen molar-refractivity contribution in [3.05, 3.63) is 22.2 Å². The van der Waals surface area contributed by atoms with Gasteiger partial charge in [-0.15, -0.1) is 0 Å². The van der Waals surface area contributed by atoms with E-state index < -0.39 is 0 Å². The zero-order valence-corrected chi connectivity index (χ0v) is 9.98. The molecule has 0 saturated carbocycles. The number of fused-ring (bicyclic) bond motifs is 3. The minimum atomic E-state index is -0.0373. The van der Waals surface area contributed by atoms with Gasteiger partial charge in [0.1, 0.15) is 6.04 Å². The third kappa shape index (κ3) is 1.39. The molecule has 0 bridgehead atoms. The largest absolute Gasteiger partial charge is 0.358 e. The van der Waals surface area contributed by atoms with Crippen LogP contribution in [-0.2, 0) is 4.79 Å². The fourth-order valence-corrected chi connectivity index (χ4v) is 2.74. The molecule has 1 atom stereocenters. The predicted molar refractivity (Wildman–Crippen MR) is 65.5 cm³/mol. The Kier molecular flexibility index (Phi) is 2.26. The quantitative estimate of drug-likeness (QED) is 0.775. The van der Waals surface area contributed by atoms with Crippen molar-refractivity contribution in [2.75, 3.05) is 16.8 Å². The smallest absolute Gasteiger partial charge is 0.247 e. The van der Waals surface area contributed by atoms with Gasteiger partial charge in [-0.1, -0.05) is 23.2 Å². The van der Waals surface area contributed by atoms with Crippen molar-refractivity contribution in [1.29, 1.82) is 0 Å². The van der Waals surface area contributed by atoms with E-state index in [0.717, 1.165) is 30.8 Å². The summed E-state index contributed by atoms with van der Waals surface area (Å²) in [5.41, 5.74) is 1.74. The molecule has 0 spiro atoms. The molecular weight excluding hydrogens is 247 g/mol. The lowest BCUT2D eigenvalue weighted by Gasteiger charge is -2.33. The third-order valence-corrected chi connectivity index (χ3v) is 3.88. The third-order valence-electron chi connectivity index (χ3n) is 3.16. The van der Waals surface area contributed by atoms with Crippen LogP contribution in [-0.4, -0.2) is 18.5 Å². The van der Waals surface area contributed by atoms with E-state index in [0.29, 0.717) is 10.0 Å². The Hall–Kier alpha value is -0.930. The maximum Gasteiger partial charge on any atom is 0.247 e. The molecule has 1 amide bonds. The van der Waals surface area contributed by atoms with E-state index in [1.807, 2.05) is 6.07 Å². The molecule has 0 aliphatic carbocycles. The molecule has 1 unspecified atom stereocenters. The molecule has 2 heterocycles. The molecular formula is C11H10Cl2N2O. The normalized spacial score (nSPS) is 22.8. The van der Waals surface area contributed by atoms with Crippen LogP contribution in [0, 0.1) is 0 Å². The Morgan fingerprint density at radius 2 is 2.06 bits per heavy atom. The topological polar surface area (TPSA) is 32.3 Å². The summed E-state index contributed by atoms with van der Waals surface area (Å²) in [6.07, 6.45) is 1.95. The fourth-order valence-electron chi connectivity index (χ4n) is 2.42. The van der Waals surface area contributed by atoms with Crippen LogP contribution in [0.4, 0.5) is 11.4 Å². The molecule has 1 fully saturated rings. The van der Waals surface area contributed by atoms with Crippen LogP contribution in [0.3, 0.4) is 0 Å². The summed E-state index contributed by atoms with van der Waals surface area (Å²) in [5.74, 6) is 0.0587. The highest BCUT2D eigenvalue weighted by Gasteiger charge is 2.36. The first-order valence-electron chi connectivity index (χ1n) is 5.23. The first-order valence-corrected chi connectivity index (χ1v) is 5.99. The van der Waals surface area contributed by atoms with Crippen molar-refractivity contribution in [3.63, 3.8) is 0 Å². The highest BCUT2D eigenvalue weighted by molar-refractivity contribution is 6.42. The zero-order chi connectivity index (χ0) is 11.3. The van der Waals surface area contributed by atoms with Gasteiger partial charge < -0.3 is 10.2 Å². The number of rotatable bonds is 0. The summed E-state index contributed by atoms with van der Waals surface area (Å²) in [5, 5.41) is 3.88. The maximum absolute atomic E-state index is 11.8. The van der Waals surface area contributed by atoms with E-state index in [1.165, 1.54) is 0 Å². The van der Waals surface area contributed by atoms with E-state index in [-0.39, 0.29) is 11.9 Å². The van der Waals surface area contributed by atoms with Crippen molar-refractivity contribution >= 4 is 40.5 Å². The van der Waals surface area contributed by atoms with Crippen LogP contribution >= 0.6 is 23.2 Å². The number of nitrogens with zero attached hydrogens (tertiary/aromatic N) is 1. The second-order valence-corrected chi connectivity index (χ2v) is 4.94. The summed E-state index contributed by atoms with van der Waals surface area (Å²) < 4.78 is 0. The van der Waals surface area contributed by atoms with Crippen LogP contribution in [0.2, 0.25) is 10.0 Å². The Morgan fingerprint density at radius 3 is 2.88 bits per heavy atom. The molecule has 5 heteroatoms. The van der Waals surface area contributed by atoms with E-state index in [2.05, 4.69) is 10.2 Å². The Balaban J connectivity index is 2.14. The molecule has 1 aromatic rings. The Morgan fingerprint density at radius 1 is 1.31 bits per heavy atom. The highest BCUT2D eigenvalue weighted by atomic mass is 35.5. The Labute approximate surface area is 103 Å². The van der Waals surface area contributed by atoms with Crippen molar-refractivity contribution in [3.8, 4) is 0 Å². The molecule has 1 saturated heterocycles. The van der Waals surface area contributed by atoms with Gasteiger partial charge in [-0.2, -0.15) is 0 Å². The molecule has 0 aromatic heterocycles. The minimum Gasteiger partial charge on any atom is -0.358 e. The van der Waals surface area contributed by atoms with Crippen LogP contribution in [0.5, 0.6) is 0 Å². The van der Waals surface area contributed by atoms with E-state index in [1.54, 1.807) is 6.07 Å². The number of anilines is 2. The SMILES string of the molecule is O=C1Nc2cc(Cl)c(Cl)cc2N2CCCC12. The molecule has 1 N–H and O–H groups in total. The Bertz CT molecular complexity index is 475. The summed E-state index contributed by atoms with van der Waals surface area (Å²) in [6, 6.07) is 3.51. The molecule has 1 aromatic carbocycles. The van der Waals surface area contributed by atoms with Crippen LogP contribution in [0.1, 0.15) is 12.8 Å². The van der Waals surface area contributed by atoms with Gasteiger partial charge in [0.2, 0.25) is 5.91 Å². The van der Waals surface area contributed by atoms with Crippen molar-refractivity contribution < 1.29 is 4.79 Å². The molecule has 3 rings (SSSR count). The van der Waals surface area contributed by atoms with Gasteiger partial charge in [-0.25, -0.2) is 0 Å². The number of carbonyl (C=O) groups is 1. The number of hydrogen-bond acceptors (Lipinski definition) is 2. The fraction of sp³-hybridized carbons (Fsp3) is 0.364. The van der Waals surface area contributed by atoms with Crippen molar-refractivity contribution in [1.82, 2.24) is 0 Å². The van der Waals surface area contributed by atoms with Crippen molar-refractivity contribution in [2.45, 2.75) is 18.9 Å². The van der Waals surface area contributed by atoms with Gasteiger partial charge in [-0.05, 0) is 25.0 Å². The minimum absolute atomic E-state index is 0.0373. The van der Waals surface area contributed by atoms with Gasteiger partial charge in [0.15, 0.2) is 0 Å². The number of halogens is 2. The van der Waals surface area contributed by atoms with Gasteiger partial charge in [0, 0.05) is 6.54 Å². The number of benzene rings is 1. The predicted octanol–water partition coefficient (Wildman–Crippen LogP) is 2.91. The average molecular weight is 257 g/mol. The number of hydrogen-bond donors (Lipinski definition) is 1. The lowest BCUT2D eigenvalue weighted by molar-refractivity contribution is -0.117. The van der Waals surface area contributed by atoms with E-state index >= 15 is 0 Å². The second-order valence-electron chi connectivity index (χ2n) is 4.12. The van der Waals surface area contributed by atoms with Crippen LogP contribution in [0.25, 0.3) is 0 Å². The van der Waals surface area contributed by atoms with Gasteiger partial charge in [-0.3, -0.25) is 4.79 Å². The number of amides is 1. The summed E-state index contributed by atoms with van der Waals surface area (Å²) in [4.78, 5) is 13.9. The maximum atomic E-state index is 11.8. The van der Waals surface area contributed by atoms with Crippen molar-refractivity contribution in [2.24, 2.45) is 0 Å². The molecule has 3 nitrogen and oxygen atoms in total. The molecule has 0 radical (unpaired) electrons. The molecule has 84 valence electrons. The summed E-state index contributed by atoms with van der Waals surface area (Å²) in [7, 11) is 0. The highest BCUT2D eigenvalue weighted by Crippen LogP contribution is 2.40. The second kappa shape index (κ2) is 3.54. The van der Waals surface area contributed by atoms with Gasteiger partial charge in [0.05, 0.1) is 21.4 Å². The molecule has 16 heavy (non-hydrogen) atoms. The van der Waals surface area contributed by atoms with Crippen LogP contribution in [0.15, 0.2) is 12.1 Å². The van der Waals surface area contributed by atoms with Gasteiger partial charge in [0.25, 0.3) is 0 Å². The first kappa shape index (κ1) is 10.2. The molecule has 2 aliphatic heterocycles. The number of nitrogens with one attached hydrogen (secondary N) is 1. The standard InChI is InChI=1S/C11H10Cl2N2O/c12-6-4-8-10(5-7(6)13)15-3-1-2-9(15)11(16)14-8/h4-5,9H,1-3H2,(H,14,16). The van der Waals surface area contributed by atoms with E-state index in [4.69, 9.17) is 23.2 Å². The monoisotopic (exact) mass is 256 g/mol. The summed E-state index contributed by atoms with van der Waals surface area (Å²) in [6.45, 7) is 0.906. The first-order chi connectivity index (χ1) is 7.66. The molecule has 2 aliphatic rings. The zero-order valence-electron chi connectivity index (χ0n) is 8.46. The van der Waals surface area contributed by atoms with E-state index in [9.17, 15) is 4.79 Å². The number of carbonyl (C=O) groups excluding carboxylic acids is 1. The lowest BCUT2D eigenvalue weighted by Crippen LogP contribution is -2.43. The summed E-state index contributed by atoms with van der Waals surface area (Å²) >= 11 is 11.9. The average Bonchev–Trinajstić information content (AvgIpc) is 2.71.